The van der Waals surface area contributed by atoms with Gasteiger partial charge in [0.05, 0.1) is 27.5 Å². The molecule has 1 heterocycles. The van der Waals surface area contributed by atoms with Crippen molar-refractivity contribution in [2.24, 2.45) is 0 Å². The summed E-state index contributed by atoms with van der Waals surface area (Å²) in [4.78, 5) is 4.79. The highest BCUT2D eigenvalue weighted by Gasteiger charge is 2.52. The predicted octanol–water partition coefficient (Wildman–Crippen LogP) is 18.7. The second kappa shape index (κ2) is 16.0. The third-order valence-electron chi connectivity index (χ3n) is 15.6. The molecule has 11 rings (SSSR count). The molecule has 0 saturated carbocycles. The standard InChI is InChI=1S/C65H63ClN2O/c1-61(2,3)42-29-33-44(34-30-42)67(45-35-31-43(32-36-45)62(4,5)6)55-25-18-26-56(60(55)66)68(46-37-38-49-53(41-46)64(9,10)40-39-63(49,7)8)54-24-17-23-52-59(54)47-19-11-12-20-48(47)65(52)50-21-13-15-27-57(50)69-58-28-16-14-22-51(58)65/h11-38,41H,39-40H2,1-10H3. The summed E-state index contributed by atoms with van der Waals surface area (Å²) in [6.07, 6.45) is 2.26. The summed E-state index contributed by atoms with van der Waals surface area (Å²) in [6.45, 7) is 23.2. The first-order valence-corrected chi connectivity index (χ1v) is 25.1. The van der Waals surface area contributed by atoms with Crippen LogP contribution in [0.2, 0.25) is 5.02 Å². The Morgan fingerprint density at radius 1 is 0.420 bits per heavy atom. The van der Waals surface area contributed by atoms with E-state index in [2.05, 4.69) is 255 Å². The zero-order valence-electron chi connectivity index (χ0n) is 41.8. The summed E-state index contributed by atoms with van der Waals surface area (Å²) in [6, 6.07) is 64.9. The van der Waals surface area contributed by atoms with Gasteiger partial charge in [0, 0.05) is 33.8 Å². The number of benzene rings is 8. The average Bonchev–Trinajstić information content (AvgIpc) is 3.62. The maximum Gasteiger partial charge on any atom is 0.132 e. The van der Waals surface area contributed by atoms with E-state index in [-0.39, 0.29) is 21.7 Å². The Labute approximate surface area is 415 Å². The molecule has 0 bridgehead atoms. The van der Waals surface area contributed by atoms with Crippen molar-refractivity contribution in [3.05, 3.63) is 225 Å². The first-order chi connectivity index (χ1) is 32.9. The summed E-state index contributed by atoms with van der Waals surface area (Å²) >= 11 is 8.18. The van der Waals surface area contributed by atoms with Gasteiger partial charge in [0.2, 0.25) is 0 Å². The largest absolute Gasteiger partial charge is 0.457 e. The highest BCUT2D eigenvalue weighted by atomic mass is 35.5. The number of halogens is 1. The second-order valence-electron chi connectivity index (χ2n) is 23.0. The van der Waals surface area contributed by atoms with Crippen LogP contribution in [-0.2, 0) is 27.1 Å². The summed E-state index contributed by atoms with van der Waals surface area (Å²) in [7, 11) is 0. The van der Waals surface area contributed by atoms with Crippen molar-refractivity contribution >= 4 is 45.7 Å². The van der Waals surface area contributed by atoms with Crippen LogP contribution < -0.4 is 14.5 Å². The van der Waals surface area contributed by atoms with Gasteiger partial charge in [0.1, 0.15) is 11.5 Å². The Balaban J connectivity index is 1.19. The molecule has 4 heteroatoms. The fourth-order valence-corrected chi connectivity index (χ4v) is 12.0. The lowest BCUT2D eigenvalue weighted by atomic mass is 9.63. The molecule has 0 N–H and O–H groups in total. The molecule has 2 aliphatic carbocycles. The molecule has 0 radical (unpaired) electrons. The Morgan fingerprint density at radius 2 is 0.870 bits per heavy atom. The van der Waals surface area contributed by atoms with Gasteiger partial charge in [-0.15, -0.1) is 0 Å². The van der Waals surface area contributed by atoms with E-state index in [1.807, 2.05) is 0 Å². The number of ether oxygens (including phenoxy) is 1. The molecule has 0 fully saturated rings. The Bertz CT molecular complexity index is 3190. The second-order valence-corrected chi connectivity index (χ2v) is 23.3. The maximum absolute atomic E-state index is 8.18. The predicted molar refractivity (Wildman–Crippen MR) is 291 cm³/mol. The molecule has 0 aromatic heterocycles. The van der Waals surface area contributed by atoms with Gasteiger partial charge in [0.25, 0.3) is 0 Å². The Morgan fingerprint density at radius 3 is 1.43 bits per heavy atom. The van der Waals surface area contributed by atoms with Gasteiger partial charge in [-0.25, -0.2) is 0 Å². The number of para-hydroxylation sites is 2. The van der Waals surface area contributed by atoms with E-state index in [1.165, 1.54) is 44.5 Å². The van der Waals surface area contributed by atoms with Crippen LogP contribution in [0.15, 0.2) is 176 Å². The number of rotatable bonds is 6. The van der Waals surface area contributed by atoms with Gasteiger partial charge in [0.15, 0.2) is 0 Å². The van der Waals surface area contributed by atoms with Crippen molar-refractivity contribution in [3.63, 3.8) is 0 Å². The van der Waals surface area contributed by atoms with Crippen molar-refractivity contribution in [2.45, 2.75) is 109 Å². The van der Waals surface area contributed by atoms with E-state index in [0.717, 1.165) is 69.6 Å². The highest BCUT2D eigenvalue weighted by Crippen LogP contribution is 2.64. The van der Waals surface area contributed by atoms with Gasteiger partial charge < -0.3 is 14.5 Å². The van der Waals surface area contributed by atoms with Crippen molar-refractivity contribution in [2.75, 3.05) is 9.80 Å². The van der Waals surface area contributed by atoms with Crippen molar-refractivity contribution < 1.29 is 4.74 Å². The summed E-state index contributed by atoms with van der Waals surface area (Å²) in [5.41, 5.74) is 18.0. The smallest absolute Gasteiger partial charge is 0.132 e. The Kier molecular flexibility index (Phi) is 10.4. The van der Waals surface area contributed by atoms with Crippen LogP contribution in [0.3, 0.4) is 0 Å². The quantitative estimate of drug-likeness (QED) is 0.165. The summed E-state index contributed by atoms with van der Waals surface area (Å²) in [5.74, 6) is 1.75. The van der Waals surface area contributed by atoms with Gasteiger partial charge in [-0.1, -0.05) is 190 Å². The normalized spacial score (nSPS) is 15.8. The van der Waals surface area contributed by atoms with E-state index in [1.54, 1.807) is 0 Å². The topological polar surface area (TPSA) is 15.7 Å². The lowest BCUT2D eigenvalue weighted by molar-refractivity contribution is 0.332. The van der Waals surface area contributed by atoms with E-state index < -0.39 is 5.41 Å². The van der Waals surface area contributed by atoms with Crippen LogP contribution in [0.1, 0.15) is 127 Å². The fraction of sp³-hybridized carbons (Fsp3) is 0.262. The number of nitrogens with zero attached hydrogens (tertiary/aromatic N) is 2. The first kappa shape index (κ1) is 44.9. The number of anilines is 6. The lowest BCUT2D eigenvalue weighted by Crippen LogP contribution is -2.34. The number of hydrogen-bond donors (Lipinski definition) is 0. The van der Waals surface area contributed by atoms with Gasteiger partial charge in [-0.3, -0.25) is 0 Å². The molecule has 1 aliphatic heterocycles. The van der Waals surface area contributed by atoms with Gasteiger partial charge >= 0.3 is 0 Å². The van der Waals surface area contributed by atoms with Crippen molar-refractivity contribution in [3.8, 4) is 22.6 Å². The SMILES string of the molecule is CC(C)(C)c1ccc(N(c2ccc(C(C)(C)C)cc2)c2cccc(N(c3ccc4c(c3)C(C)(C)CCC4(C)C)c3cccc4c3-c3ccccc3C43c4ccccc4Oc4ccccc43)c2Cl)cc1. The number of hydrogen-bond acceptors (Lipinski definition) is 3. The van der Waals surface area contributed by atoms with Crippen LogP contribution in [0.5, 0.6) is 11.5 Å². The molecule has 0 amide bonds. The zero-order chi connectivity index (χ0) is 48.3. The van der Waals surface area contributed by atoms with E-state index in [4.69, 9.17) is 16.3 Å². The molecule has 69 heavy (non-hydrogen) atoms. The summed E-state index contributed by atoms with van der Waals surface area (Å²) in [5, 5.41) is 0.662. The molecule has 8 aromatic carbocycles. The van der Waals surface area contributed by atoms with Crippen LogP contribution in [0.25, 0.3) is 11.1 Å². The molecule has 0 saturated heterocycles. The zero-order valence-corrected chi connectivity index (χ0v) is 42.6. The molecule has 1 spiro atoms. The van der Waals surface area contributed by atoms with Crippen LogP contribution in [-0.4, -0.2) is 0 Å². The van der Waals surface area contributed by atoms with Crippen molar-refractivity contribution in [1.29, 1.82) is 0 Å². The molecule has 3 nitrogen and oxygen atoms in total. The minimum absolute atomic E-state index is 0.0103. The number of fused-ring (bicyclic) bond motifs is 10. The third-order valence-corrected chi connectivity index (χ3v) is 16.0. The third kappa shape index (κ3) is 7.14. The fourth-order valence-electron chi connectivity index (χ4n) is 11.7. The van der Waals surface area contributed by atoms with Crippen LogP contribution in [0.4, 0.5) is 34.1 Å². The lowest BCUT2D eigenvalue weighted by Gasteiger charge is -2.42. The highest BCUT2D eigenvalue weighted by molar-refractivity contribution is 6.36. The van der Waals surface area contributed by atoms with Crippen molar-refractivity contribution in [1.82, 2.24) is 0 Å². The molecule has 8 aromatic rings. The molecular formula is C65H63ClN2O. The molecule has 0 unspecified atom stereocenters. The van der Waals surface area contributed by atoms with Gasteiger partial charge in [-0.2, -0.15) is 0 Å². The molecule has 0 atom stereocenters. The maximum atomic E-state index is 8.18. The minimum Gasteiger partial charge on any atom is -0.457 e. The Hall–Kier alpha value is -6.55. The molecular weight excluding hydrogens is 860 g/mol. The van der Waals surface area contributed by atoms with E-state index in [9.17, 15) is 0 Å². The monoisotopic (exact) mass is 922 g/mol. The first-order valence-electron chi connectivity index (χ1n) is 24.7. The van der Waals surface area contributed by atoms with E-state index in [0.29, 0.717) is 5.02 Å². The molecule has 3 aliphatic rings. The average molecular weight is 924 g/mol. The van der Waals surface area contributed by atoms with Gasteiger partial charge in [-0.05, 0) is 140 Å². The summed E-state index contributed by atoms with van der Waals surface area (Å²) < 4.78 is 6.74. The van der Waals surface area contributed by atoms with E-state index >= 15 is 0 Å². The molecule has 346 valence electrons. The minimum atomic E-state index is -0.623. The van der Waals surface area contributed by atoms with Crippen LogP contribution >= 0.6 is 11.6 Å². The van der Waals surface area contributed by atoms with Crippen LogP contribution in [0, 0.1) is 0 Å².